The van der Waals surface area contributed by atoms with Gasteiger partial charge in [-0.3, -0.25) is 15.0 Å². The average molecular weight is 291 g/mol. The van der Waals surface area contributed by atoms with Crippen molar-refractivity contribution in [2.45, 2.75) is 13.0 Å². The van der Waals surface area contributed by atoms with Crippen molar-refractivity contribution in [3.8, 4) is 0 Å². The number of carbonyl (C=O) groups is 2. The molecule has 6 nitrogen and oxygen atoms in total. The lowest BCUT2D eigenvalue weighted by Gasteiger charge is -2.33. The lowest BCUT2D eigenvalue weighted by molar-refractivity contribution is -0.127. The number of rotatable bonds is 4. The molecule has 0 saturated carbocycles. The Labute approximate surface area is 124 Å². The summed E-state index contributed by atoms with van der Waals surface area (Å²) in [4.78, 5) is 26.1. The first kappa shape index (κ1) is 15.5. The van der Waals surface area contributed by atoms with Gasteiger partial charge in [0.25, 0.3) is 0 Å². The molecule has 0 aromatic heterocycles. The maximum absolute atomic E-state index is 12.5. The second-order valence-electron chi connectivity index (χ2n) is 4.81. The van der Waals surface area contributed by atoms with Gasteiger partial charge in [0.2, 0.25) is 5.91 Å². The quantitative estimate of drug-likeness (QED) is 0.865. The summed E-state index contributed by atoms with van der Waals surface area (Å²) in [5.41, 5.74) is 0.876. The maximum atomic E-state index is 12.5. The minimum Gasteiger partial charge on any atom is -0.379 e. The highest BCUT2D eigenvalue weighted by atomic mass is 16.5. The molecule has 6 heteroatoms. The number of benzene rings is 1. The summed E-state index contributed by atoms with van der Waals surface area (Å²) >= 11 is 0. The normalized spacial score (nSPS) is 17.0. The Balaban J connectivity index is 2.15. The van der Waals surface area contributed by atoms with Crippen LogP contribution in [0.2, 0.25) is 0 Å². The SMILES string of the molecule is CCNC(=O)NC(=O)[C@@H](c1ccccc1)N1CCOCC1. The van der Waals surface area contributed by atoms with Crippen molar-refractivity contribution >= 4 is 11.9 Å². The van der Waals surface area contributed by atoms with Crippen LogP contribution in [0.5, 0.6) is 0 Å². The fourth-order valence-electron chi connectivity index (χ4n) is 2.38. The number of morpholine rings is 1. The van der Waals surface area contributed by atoms with Crippen molar-refractivity contribution in [3.63, 3.8) is 0 Å². The van der Waals surface area contributed by atoms with Crippen LogP contribution in [0.1, 0.15) is 18.5 Å². The Morgan fingerprint density at radius 1 is 1.24 bits per heavy atom. The lowest BCUT2D eigenvalue weighted by Crippen LogP contribution is -2.49. The van der Waals surface area contributed by atoms with Gasteiger partial charge in [0.15, 0.2) is 0 Å². The monoisotopic (exact) mass is 291 g/mol. The first-order valence-corrected chi connectivity index (χ1v) is 7.17. The van der Waals surface area contributed by atoms with Crippen LogP contribution < -0.4 is 10.6 Å². The number of carbonyl (C=O) groups excluding carboxylic acids is 2. The third-order valence-electron chi connectivity index (χ3n) is 3.35. The molecule has 1 heterocycles. The van der Waals surface area contributed by atoms with Crippen LogP contribution in [0.15, 0.2) is 30.3 Å². The van der Waals surface area contributed by atoms with Crippen LogP contribution in [0, 0.1) is 0 Å². The Bertz CT molecular complexity index is 472. The second kappa shape index (κ2) is 7.75. The van der Waals surface area contributed by atoms with Gasteiger partial charge < -0.3 is 10.1 Å². The van der Waals surface area contributed by atoms with Crippen molar-refractivity contribution in [2.24, 2.45) is 0 Å². The van der Waals surface area contributed by atoms with E-state index in [-0.39, 0.29) is 5.91 Å². The van der Waals surface area contributed by atoms with E-state index in [4.69, 9.17) is 4.74 Å². The van der Waals surface area contributed by atoms with Crippen LogP contribution in [-0.4, -0.2) is 49.7 Å². The highest BCUT2D eigenvalue weighted by Gasteiger charge is 2.29. The molecule has 2 rings (SSSR count). The predicted octanol–water partition coefficient (Wildman–Crippen LogP) is 0.906. The summed E-state index contributed by atoms with van der Waals surface area (Å²) in [6, 6.07) is 8.55. The Morgan fingerprint density at radius 3 is 2.52 bits per heavy atom. The summed E-state index contributed by atoms with van der Waals surface area (Å²) < 4.78 is 5.33. The maximum Gasteiger partial charge on any atom is 0.321 e. The summed E-state index contributed by atoms with van der Waals surface area (Å²) in [5, 5.41) is 4.98. The van der Waals surface area contributed by atoms with Crippen molar-refractivity contribution in [2.75, 3.05) is 32.8 Å². The number of imide groups is 1. The molecule has 114 valence electrons. The molecule has 1 aliphatic rings. The highest BCUT2D eigenvalue weighted by Crippen LogP contribution is 2.21. The molecule has 0 unspecified atom stereocenters. The van der Waals surface area contributed by atoms with Gasteiger partial charge in [-0.05, 0) is 12.5 Å². The summed E-state index contributed by atoms with van der Waals surface area (Å²) in [6.45, 7) is 4.81. The molecule has 1 aromatic carbocycles. The molecule has 21 heavy (non-hydrogen) atoms. The molecule has 0 bridgehead atoms. The van der Waals surface area contributed by atoms with Gasteiger partial charge in [0.05, 0.1) is 13.2 Å². The molecule has 1 aromatic rings. The Morgan fingerprint density at radius 2 is 1.90 bits per heavy atom. The molecule has 1 aliphatic heterocycles. The van der Waals surface area contributed by atoms with Gasteiger partial charge in [0, 0.05) is 19.6 Å². The highest BCUT2D eigenvalue weighted by molar-refractivity contribution is 5.97. The fraction of sp³-hybridized carbons (Fsp3) is 0.467. The van der Waals surface area contributed by atoms with Crippen molar-refractivity contribution in [3.05, 3.63) is 35.9 Å². The standard InChI is InChI=1S/C15H21N3O3/c1-2-16-15(20)17-14(19)13(12-6-4-3-5-7-12)18-8-10-21-11-9-18/h3-7,13H,2,8-11H2,1H3,(H2,16,17,19,20)/t13-/m1/s1. The Hall–Kier alpha value is -1.92. The van der Waals surface area contributed by atoms with E-state index >= 15 is 0 Å². The van der Waals surface area contributed by atoms with E-state index in [1.807, 2.05) is 35.2 Å². The van der Waals surface area contributed by atoms with Crippen molar-refractivity contribution < 1.29 is 14.3 Å². The summed E-state index contributed by atoms with van der Waals surface area (Å²) in [7, 11) is 0. The van der Waals surface area contributed by atoms with E-state index in [1.54, 1.807) is 6.92 Å². The minimum absolute atomic E-state index is 0.311. The first-order valence-electron chi connectivity index (χ1n) is 7.17. The average Bonchev–Trinajstić information content (AvgIpc) is 2.50. The van der Waals surface area contributed by atoms with Crippen molar-refractivity contribution in [1.29, 1.82) is 0 Å². The van der Waals surface area contributed by atoms with Gasteiger partial charge in [-0.15, -0.1) is 0 Å². The van der Waals surface area contributed by atoms with Crippen molar-refractivity contribution in [1.82, 2.24) is 15.5 Å². The van der Waals surface area contributed by atoms with Crippen LogP contribution >= 0.6 is 0 Å². The lowest BCUT2D eigenvalue weighted by atomic mass is 10.0. The molecule has 0 radical (unpaired) electrons. The number of ether oxygens (including phenoxy) is 1. The van der Waals surface area contributed by atoms with Crippen LogP contribution in [0.3, 0.4) is 0 Å². The van der Waals surface area contributed by atoms with E-state index in [1.165, 1.54) is 0 Å². The smallest absolute Gasteiger partial charge is 0.321 e. The van der Waals surface area contributed by atoms with Gasteiger partial charge in [0.1, 0.15) is 6.04 Å². The molecule has 3 amide bonds. The van der Waals surface area contributed by atoms with E-state index < -0.39 is 12.1 Å². The third kappa shape index (κ3) is 4.27. The van der Waals surface area contributed by atoms with E-state index in [2.05, 4.69) is 10.6 Å². The van der Waals surface area contributed by atoms with Gasteiger partial charge in [-0.1, -0.05) is 30.3 Å². The zero-order valence-electron chi connectivity index (χ0n) is 12.2. The van der Waals surface area contributed by atoms with Crippen LogP contribution in [0.4, 0.5) is 4.79 Å². The third-order valence-corrected chi connectivity index (χ3v) is 3.35. The number of nitrogens with zero attached hydrogens (tertiary/aromatic N) is 1. The zero-order valence-corrected chi connectivity index (χ0v) is 12.2. The largest absolute Gasteiger partial charge is 0.379 e. The molecule has 1 saturated heterocycles. The number of nitrogens with one attached hydrogen (secondary N) is 2. The van der Waals surface area contributed by atoms with Gasteiger partial charge >= 0.3 is 6.03 Å². The molecular weight excluding hydrogens is 270 g/mol. The van der Waals surface area contributed by atoms with Crippen LogP contribution in [-0.2, 0) is 9.53 Å². The second-order valence-corrected chi connectivity index (χ2v) is 4.81. The van der Waals surface area contributed by atoms with Gasteiger partial charge in [-0.25, -0.2) is 4.79 Å². The molecule has 2 N–H and O–H groups in total. The predicted molar refractivity (Wildman–Crippen MR) is 78.8 cm³/mol. The Kier molecular flexibility index (Phi) is 5.71. The molecule has 1 atom stereocenters. The number of hydrogen-bond donors (Lipinski definition) is 2. The zero-order chi connectivity index (χ0) is 15.1. The van der Waals surface area contributed by atoms with E-state index in [9.17, 15) is 9.59 Å². The fourth-order valence-corrected chi connectivity index (χ4v) is 2.38. The molecule has 0 aliphatic carbocycles. The van der Waals surface area contributed by atoms with E-state index in [0.717, 1.165) is 5.56 Å². The topological polar surface area (TPSA) is 70.7 Å². The van der Waals surface area contributed by atoms with Crippen LogP contribution in [0.25, 0.3) is 0 Å². The number of urea groups is 1. The van der Waals surface area contributed by atoms with E-state index in [0.29, 0.717) is 32.8 Å². The molecule has 1 fully saturated rings. The van der Waals surface area contributed by atoms with Gasteiger partial charge in [-0.2, -0.15) is 0 Å². The first-order chi connectivity index (χ1) is 10.2. The number of hydrogen-bond acceptors (Lipinski definition) is 4. The molecular formula is C15H21N3O3. The minimum atomic E-state index is -0.474. The summed E-state index contributed by atoms with van der Waals surface area (Å²) in [5.74, 6) is -0.311. The molecule has 0 spiro atoms. The summed E-state index contributed by atoms with van der Waals surface area (Å²) in [6.07, 6.45) is 0. The number of amides is 3.